The van der Waals surface area contributed by atoms with Gasteiger partial charge < -0.3 is 14.7 Å². The van der Waals surface area contributed by atoms with E-state index in [0.717, 1.165) is 18.4 Å². The van der Waals surface area contributed by atoms with Gasteiger partial charge in [-0.15, -0.1) is 0 Å². The van der Waals surface area contributed by atoms with Crippen molar-refractivity contribution < 1.29 is 19.4 Å². The predicted octanol–water partition coefficient (Wildman–Crippen LogP) is 1.84. The first-order valence-electron chi connectivity index (χ1n) is 6.69. The van der Waals surface area contributed by atoms with Gasteiger partial charge in [0.05, 0.1) is 0 Å². The molecule has 1 aromatic rings. The van der Waals surface area contributed by atoms with Crippen molar-refractivity contribution in [3.05, 3.63) is 35.9 Å². The second-order valence-corrected chi connectivity index (χ2v) is 5.02. The van der Waals surface area contributed by atoms with Crippen LogP contribution < -0.4 is 0 Å². The topological polar surface area (TPSA) is 66.8 Å². The van der Waals surface area contributed by atoms with E-state index in [1.165, 1.54) is 18.9 Å². The lowest BCUT2D eigenvalue weighted by molar-refractivity contribution is -0.155. The predicted molar refractivity (Wildman–Crippen MR) is 73.2 cm³/mol. The number of ether oxygens (including phenoxy) is 1. The zero-order valence-electron chi connectivity index (χ0n) is 11.7. The summed E-state index contributed by atoms with van der Waals surface area (Å²) in [5.74, 6) is -1.27. The van der Waals surface area contributed by atoms with Crippen molar-refractivity contribution in [2.45, 2.75) is 38.0 Å². The number of rotatable bonds is 6. The molecule has 1 aromatic carbocycles. The van der Waals surface area contributed by atoms with Gasteiger partial charge in [0.15, 0.2) is 6.10 Å². The SMILES string of the molecule is CO[C@@H](C(=O)N(C1CC1)C(C)C(=O)O)c1ccccc1. The molecule has 0 bridgehead atoms. The smallest absolute Gasteiger partial charge is 0.326 e. The molecule has 1 unspecified atom stereocenters. The van der Waals surface area contributed by atoms with Crippen LogP contribution in [0.4, 0.5) is 0 Å². The van der Waals surface area contributed by atoms with Crippen LogP contribution >= 0.6 is 0 Å². The van der Waals surface area contributed by atoms with Gasteiger partial charge in [0.2, 0.25) is 0 Å². The third-order valence-electron chi connectivity index (χ3n) is 3.53. The number of carboxylic acid groups (broad SMARTS) is 1. The van der Waals surface area contributed by atoms with Crippen molar-refractivity contribution in [3.63, 3.8) is 0 Å². The Morgan fingerprint density at radius 1 is 1.30 bits per heavy atom. The Morgan fingerprint density at radius 3 is 2.35 bits per heavy atom. The van der Waals surface area contributed by atoms with Crippen molar-refractivity contribution >= 4 is 11.9 Å². The van der Waals surface area contributed by atoms with Gasteiger partial charge in [-0.3, -0.25) is 4.79 Å². The molecule has 1 aliphatic carbocycles. The Balaban J connectivity index is 2.24. The Kier molecular flexibility index (Phi) is 4.39. The minimum atomic E-state index is -0.992. The Morgan fingerprint density at radius 2 is 1.90 bits per heavy atom. The molecular formula is C15H19NO4. The van der Waals surface area contributed by atoms with E-state index in [-0.39, 0.29) is 11.9 Å². The van der Waals surface area contributed by atoms with Crippen LogP contribution in [0.3, 0.4) is 0 Å². The second kappa shape index (κ2) is 6.05. The number of nitrogens with zero attached hydrogens (tertiary/aromatic N) is 1. The largest absolute Gasteiger partial charge is 0.480 e. The molecule has 1 N–H and O–H groups in total. The fourth-order valence-electron chi connectivity index (χ4n) is 2.30. The van der Waals surface area contributed by atoms with Gasteiger partial charge in [-0.2, -0.15) is 0 Å². The number of carboxylic acids is 1. The highest BCUT2D eigenvalue weighted by Crippen LogP contribution is 2.32. The van der Waals surface area contributed by atoms with Gasteiger partial charge in [-0.1, -0.05) is 30.3 Å². The van der Waals surface area contributed by atoms with Crippen LogP contribution in [0.25, 0.3) is 0 Å². The normalized spacial score (nSPS) is 17.3. The van der Waals surface area contributed by atoms with Crippen molar-refractivity contribution in [2.24, 2.45) is 0 Å². The summed E-state index contributed by atoms with van der Waals surface area (Å²) in [5, 5.41) is 9.17. The molecule has 20 heavy (non-hydrogen) atoms. The number of benzene rings is 1. The van der Waals surface area contributed by atoms with Crippen molar-refractivity contribution in [2.75, 3.05) is 7.11 Å². The molecule has 1 aliphatic rings. The van der Waals surface area contributed by atoms with Crippen LogP contribution in [0.2, 0.25) is 0 Å². The lowest BCUT2D eigenvalue weighted by atomic mass is 10.1. The maximum Gasteiger partial charge on any atom is 0.326 e. The summed E-state index contributed by atoms with van der Waals surface area (Å²) < 4.78 is 5.30. The van der Waals surface area contributed by atoms with E-state index >= 15 is 0 Å². The molecule has 1 amide bonds. The van der Waals surface area contributed by atoms with E-state index < -0.39 is 18.1 Å². The molecule has 2 rings (SSSR count). The first-order chi connectivity index (χ1) is 9.56. The zero-order chi connectivity index (χ0) is 14.7. The van der Waals surface area contributed by atoms with Crippen LogP contribution in [-0.2, 0) is 14.3 Å². The van der Waals surface area contributed by atoms with Crippen molar-refractivity contribution in [1.82, 2.24) is 4.90 Å². The average molecular weight is 277 g/mol. The maximum atomic E-state index is 12.6. The van der Waals surface area contributed by atoms with E-state index in [4.69, 9.17) is 9.84 Å². The lowest BCUT2D eigenvalue weighted by Gasteiger charge is -2.30. The number of hydrogen-bond acceptors (Lipinski definition) is 3. The summed E-state index contributed by atoms with van der Waals surface area (Å²) in [6.45, 7) is 1.54. The van der Waals surface area contributed by atoms with Crippen molar-refractivity contribution in [1.29, 1.82) is 0 Å². The Bertz CT molecular complexity index is 484. The molecule has 1 fully saturated rings. The molecule has 0 heterocycles. The third-order valence-corrected chi connectivity index (χ3v) is 3.53. The fourth-order valence-corrected chi connectivity index (χ4v) is 2.30. The molecule has 0 saturated heterocycles. The standard InChI is InChI=1S/C15H19NO4/c1-10(15(18)19)16(12-8-9-12)14(17)13(20-2)11-6-4-3-5-7-11/h3-7,10,12-13H,8-9H2,1-2H3,(H,18,19)/t10?,13-/m1/s1. The third kappa shape index (κ3) is 2.99. The molecule has 0 radical (unpaired) electrons. The van der Waals surface area contributed by atoms with E-state index in [0.29, 0.717) is 0 Å². The number of methoxy groups -OCH3 is 1. The number of aliphatic carboxylic acids is 1. The molecule has 1 saturated carbocycles. The Labute approximate surface area is 118 Å². The fraction of sp³-hybridized carbons (Fsp3) is 0.467. The van der Waals surface area contributed by atoms with Gasteiger partial charge in [0, 0.05) is 13.2 Å². The zero-order valence-corrected chi connectivity index (χ0v) is 11.7. The molecule has 0 aromatic heterocycles. The quantitative estimate of drug-likeness (QED) is 0.861. The minimum Gasteiger partial charge on any atom is -0.480 e. The summed E-state index contributed by atoms with van der Waals surface area (Å²) in [7, 11) is 1.46. The van der Waals surface area contributed by atoms with Crippen LogP contribution in [-0.4, -0.2) is 41.1 Å². The second-order valence-electron chi connectivity index (χ2n) is 5.02. The molecule has 0 spiro atoms. The molecular weight excluding hydrogens is 258 g/mol. The maximum absolute atomic E-state index is 12.6. The molecule has 0 aliphatic heterocycles. The number of hydrogen-bond donors (Lipinski definition) is 1. The first-order valence-corrected chi connectivity index (χ1v) is 6.69. The number of carbonyl (C=O) groups excluding carboxylic acids is 1. The minimum absolute atomic E-state index is 0.0231. The van der Waals surface area contributed by atoms with Gasteiger partial charge in [0.25, 0.3) is 5.91 Å². The van der Waals surface area contributed by atoms with Crippen LogP contribution in [0.5, 0.6) is 0 Å². The van der Waals surface area contributed by atoms with Crippen molar-refractivity contribution in [3.8, 4) is 0 Å². The van der Waals surface area contributed by atoms with E-state index in [1.54, 1.807) is 0 Å². The lowest BCUT2D eigenvalue weighted by Crippen LogP contribution is -2.47. The summed E-state index contributed by atoms with van der Waals surface area (Å²) in [4.78, 5) is 25.3. The monoisotopic (exact) mass is 277 g/mol. The van der Waals surface area contributed by atoms with Gasteiger partial charge in [0.1, 0.15) is 6.04 Å². The first kappa shape index (κ1) is 14.5. The number of amides is 1. The molecule has 108 valence electrons. The summed E-state index contributed by atoms with van der Waals surface area (Å²) in [6.07, 6.45) is 0.960. The summed E-state index contributed by atoms with van der Waals surface area (Å²) >= 11 is 0. The van der Waals surface area contributed by atoms with E-state index in [9.17, 15) is 9.59 Å². The van der Waals surface area contributed by atoms with Gasteiger partial charge >= 0.3 is 5.97 Å². The average Bonchev–Trinajstić information content (AvgIpc) is 3.25. The van der Waals surface area contributed by atoms with Crippen LogP contribution in [0.15, 0.2) is 30.3 Å². The summed E-state index contributed by atoms with van der Waals surface area (Å²) in [6, 6.07) is 8.32. The summed E-state index contributed by atoms with van der Waals surface area (Å²) in [5.41, 5.74) is 0.739. The highest BCUT2D eigenvalue weighted by Gasteiger charge is 2.41. The van der Waals surface area contributed by atoms with Crippen LogP contribution in [0, 0.1) is 0 Å². The Hall–Kier alpha value is -1.88. The van der Waals surface area contributed by atoms with E-state index in [2.05, 4.69) is 0 Å². The van der Waals surface area contributed by atoms with E-state index in [1.807, 2.05) is 30.3 Å². The number of carbonyl (C=O) groups is 2. The molecule has 5 nitrogen and oxygen atoms in total. The molecule has 5 heteroatoms. The molecule has 2 atom stereocenters. The highest BCUT2D eigenvalue weighted by molar-refractivity contribution is 5.87. The van der Waals surface area contributed by atoms with Gasteiger partial charge in [-0.05, 0) is 25.3 Å². The van der Waals surface area contributed by atoms with Crippen LogP contribution in [0.1, 0.15) is 31.4 Å². The van der Waals surface area contributed by atoms with Gasteiger partial charge in [-0.25, -0.2) is 4.79 Å². The highest BCUT2D eigenvalue weighted by atomic mass is 16.5.